The largest absolute Gasteiger partial charge is 0.338 e. The van der Waals surface area contributed by atoms with Crippen molar-refractivity contribution < 1.29 is 4.79 Å². The minimum Gasteiger partial charge on any atom is -0.338 e. The van der Waals surface area contributed by atoms with E-state index in [9.17, 15) is 4.79 Å². The normalized spacial score (nSPS) is 19.1. The molecule has 0 N–H and O–H groups in total. The summed E-state index contributed by atoms with van der Waals surface area (Å²) in [6.07, 6.45) is 3.56. The summed E-state index contributed by atoms with van der Waals surface area (Å²) in [7, 11) is 0. The van der Waals surface area contributed by atoms with Crippen LogP contribution in [0.3, 0.4) is 0 Å². The molecular weight excluding hydrogens is 428 g/mol. The van der Waals surface area contributed by atoms with Gasteiger partial charge in [0, 0.05) is 19.6 Å². The second-order valence-electron chi connectivity index (χ2n) is 9.03. The number of nitrogens with zero attached hydrogens (tertiary/aromatic N) is 2. The van der Waals surface area contributed by atoms with Crippen molar-refractivity contribution >= 4 is 17.5 Å². The van der Waals surface area contributed by atoms with Gasteiger partial charge in [-0.15, -0.1) is 0 Å². The minimum absolute atomic E-state index is 0.0749. The third-order valence-electron chi connectivity index (χ3n) is 6.72. The fourth-order valence-corrected chi connectivity index (χ4v) is 5.11. The van der Waals surface area contributed by atoms with Gasteiger partial charge in [0.2, 0.25) is 0 Å². The molecule has 1 amide bonds. The van der Waals surface area contributed by atoms with Crippen LogP contribution in [0.4, 0.5) is 0 Å². The molecular formula is C29H33ClN2O. The fourth-order valence-electron chi connectivity index (χ4n) is 4.90. The van der Waals surface area contributed by atoms with E-state index >= 15 is 0 Å². The smallest absolute Gasteiger partial charge is 0.255 e. The molecule has 4 heteroatoms. The van der Waals surface area contributed by atoms with Crippen molar-refractivity contribution in [2.75, 3.05) is 32.7 Å². The Morgan fingerprint density at radius 2 is 1.33 bits per heavy atom. The summed E-state index contributed by atoms with van der Waals surface area (Å²) in [5, 5.41) is 0.550. The van der Waals surface area contributed by atoms with Crippen molar-refractivity contribution in [3.63, 3.8) is 0 Å². The predicted molar refractivity (Wildman–Crippen MR) is 137 cm³/mol. The number of likely N-dealkylation sites (tertiary alicyclic amines) is 2. The summed E-state index contributed by atoms with van der Waals surface area (Å²) >= 11 is 6.20. The summed E-state index contributed by atoms with van der Waals surface area (Å²) in [6.45, 7) is 5.12. The van der Waals surface area contributed by atoms with Gasteiger partial charge in [0.25, 0.3) is 5.91 Å². The number of hydrogen-bond acceptors (Lipinski definition) is 2. The van der Waals surface area contributed by atoms with Crippen LogP contribution < -0.4 is 0 Å². The Bertz CT molecular complexity index is 960. The van der Waals surface area contributed by atoms with Crippen LogP contribution >= 0.6 is 11.6 Å². The van der Waals surface area contributed by atoms with Gasteiger partial charge in [0.05, 0.1) is 10.6 Å². The van der Waals surface area contributed by atoms with Gasteiger partial charge in [0.1, 0.15) is 0 Å². The summed E-state index contributed by atoms with van der Waals surface area (Å²) < 4.78 is 0. The number of halogens is 1. The predicted octanol–water partition coefficient (Wildman–Crippen LogP) is 6.37. The standard InChI is InChI=1S/C23H27ClN2O.C6H6/c24-22-9-5-4-8-21(22)23(27)26-15-10-18(17-26)16-25-13-11-20(12-14-25)19-6-2-1-3-7-19;1-2-4-6-5-3-1/h1-9,18,20H,10-17H2;1-6H/t18-;/m0./s1. The molecule has 0 spiro atoms. The molecule has 3 nitrogen and oxygen atoms in total. The quantitative estimate of drug-likeness (QED) is 0.451. The Labute approximate surface area is 203 Å². The Hall–Kier alpha value is -2.62. The van der Waals surface area contributed by atoms with Crippen molar-refractivity contribution in [1.82, 2.24) is 9.80 Å². The van der Waals surface area contributed by atoms with Crippen LogP contribution in [-0.2, 0) is 0 Å². The molecule has 2 saturated heterocycles. The van der Waals surface area contributed by atoms with Crippen molar-refractivity contribution in [2.24, 2.45) is 5.92 Å². The van der Waals surface area contributed by atoms with Crippen molar-refractivity contribution in [3.05, 3.63) is 107 Å². The Morgan fingerprint density at radius 3 is 1.97 bits per heavy atom. The highest BCUT2D eigenvalue weighted by molar-refractivity contribution is 6.33. The molecule has 0 bridgehead atoms. The molecule has 5 rings (SSSR count). The number of benzene rings is 3. The molecule has 0 aromatic heterocycles. The lowest BCUT2D eigenvalue weighted by Crippen LogP contribution is -2.37. The molecule has 2 fully saturated rings. The molecule has 2 heterocycles. The van der Waals surface area contributed by atoms with Crippen molar-refractivity contribution in [3.8, 4) is 0 Å². The molecule has 1 atom stereocenters. The summed E-state index contributed by atoms with van der Waals surface area (Å²) in [6, 6.07) is 30.3. The van der Waals surface area contributed by atoms with Gasteiger partial charge in [-0.05, 0) is 61.9 Å². The molecule has 3 aromatic carbocycles. The van der Waals surface area contributed by atoms with Crippen LogP contribution in [0, 0.1) is 5.92 Å². The number of hydrogen-bond donors (Lipinski definition) is 0. The first kappa shape index (κ1) is 23.5. The molecule has 33 heavy (non-hydrogen) atoms. The molecule has 0 aliphatic carbocycles. The first-order valence-electron chi connectivity index (χ1n) is 12.0. The maximum Gasteiger partial charge on any atom is 0.255 e. The highest BCUT2D eigenvalue weighted by atomic mass is 35.5. The first-order valence-corrected chi connectivity index (χ1v) is 12.4. The average Bonchev–Trinajstić information content (AvgIpc) is 3.35. The Morgan fingerprint density at radius 1 is 0.758 bits per heavy atom. The van der Waals surface area contributed by atoms with Crippen LogP contribution in [0.2, 0.25) is 5.02 Å². The monoisotopic (exact) mass is 460 g/mol. The van der Waals surface area contributed by atoms with Gasteiger partial charge in [-0.2, -0.15) is 0 Å². The van der Waals surface area contributed by atoms with Gasteiger partial charge in [-0.1, -0.05) is 90.5 Å². The Balaban J connectivity index is 0.000000376. The van der Waals surface area contributed by atoms with E-state index in [0.29, 0.717) is 22.4 Å². The van der Waals surface area contributed by atoms with E-state index in [0.717, 1.165) is 39.1 Å². The lowest BCUT2D eigenvalue weighted by atomic mass is 9.89. The van der Waals surface area contributed by atoms with E-state index in [-0.39, 0.29) is 5.91 Å². The lowest BCUT2D eigenvalue weighted by Gasteiger charge is -2.33. The minimum atomic E-state index is 0.0749. The van der Waals surface area contributed by atoms with Crippen LogP contribution in [0.5, 0.6) is 0 Å². The fraction of sp³-hybridized carbons (Fsp3) is 0.345. The van der Waals surface area contributed by atoms with Gasteiger partial charge in [-0.3, -0.25) is 4.79 Å². The SMILES string of the molecule is O=C(c1ccccc1Cl)N1CC[C@@H](CN2CCC(c3ccccc3)CC2)C1.c1ccccc1. The number of carbonyl (C=O) groups is 1. The molecule has 2 aliphatic rings. The third-order valence-corrected chi connectivity index (χ3v) is 7.05. The van der Waals surface area contributed by atoms with Gasteiger partial charge in [0.15, 0.2) is 0 Å². The van der Waals surface area contributed by atoms with E-state index in [4.69, 9.17) is 11.6 Å². The summed E-state index contributed by atoms with van der Waals surface area (Å²) in [5.74, 6) is 1.35. The maximum absolute atomic E-state index is 12.7. The topological polar surface area (TPSA) is 23.6 Å². The Kier molecular flexibility index (Phi) is 8.57. The van der Waals surface area contributed by atoms with Crippen LogP contribution in [0.15, 0.2) is 91.0 Å². The van der Waals surface area contributed by atoms with Crippen molar-refractivity contribution in [2.45, 2.75) is 25.2 Å². The summed E-state index contributed by atoms with van der Waals surface area (Å²) in [4.78, 5) is 17.3. The van der Waals surface area contributed by atoms with E-state index in [1.54, 1.807) is 6.07 Å². The number of piperidine rings is 1. The van der Waals surface area contributed by atoms with E-state index in [2.05, 4.69) is 35.2 Å². The molecule has 3 aromatic rings. The molecule has 0 unspecified atom stereocenters. The third kappa shape index (κ3) is 6.69. The van der Waals surface area contributed by atoms with Crippen LogP contribution in [0.1, 0.15) is 41.1 Å². The van der Waals surface area contributed by atoms with E-state index < -0.39 is 0 Å². The number of amides is 1. The van der Waals surface area contributed by atoms with Gasteiger partial charge >= 0.3 is 0 Å². The second-order valence-corrected chi connectivity index (χ2v) is 9.43. The second kappa shape index (κ2) is 12.0. The number of rotatable bonds is 4. The zero-order chi connectivity index (χ0) is 22.9. The molecule has 172 valence electrons. The van der Waals surface area contributed by atoms with E-state index in [1.807, 2.05) is 59.5 Å². The van der Waals surface area contributed by atoms with Crippen LogP contribution in [-0.4, -0.2) is 48.4 Å². The molecule has 0 saturated carbocycles. The summed E-state index contributed by atoms with van der Waals surface area (Å²) in [5.41, 5.74) is 2.11. The molecule has 0 radical (unpaired) electrons. The van der Waals surface area contributed by atoms with Crippen LogP contribution in [0.25, 0.3) is 0 Å². The first-order chi connectivity index (χ1) is 16.2. The number of carbonyl (C=O) groups excluding carboxylic acids is 1. The van der Waals surface area contributed by atoms with Crippen molar-refractivity contribution in [1.29, 1.82) is 0 Å². The van der Waals surface area contributed by atoms with Gasteiger partial charge in [-0.25, -0.2) is 0 Å². The highest BCUT2D eigenvalue weighted by Gasteiger charge is 2.30. The lowest BCUT2D eigenvalue weighted by molar-refractivity contribution is 0.0782. The van der Waals surface area contributed by atoms with E-state index in [1.165, 1.54) is 18.4 Å². The maximum atomic E-state index is 12.7. The average molecular weight is 461 g/mol. The van der Waals surface area contributed by atoms with Gasteiger partial charge < -0.3 is 9.80 Å². The zero-order valence-corrected chi connectivity index (χ0v) is 19.9. The molecule has 2 aliphatic heterocycles. The zero-order valence-electron chi connectivity index (χ0n) is 19.2. The highest BCUT2D eigenvalue weighted by Crippen LogP contribution is 2.29.